The summed E-state index contributed by atoms with van der Waals surface area (Å²) in [6, 6.07) is 20.4. The average Bonchev–Trinajstić information content (AvgIpc) is 1.06. The third kappa shape index (κ3) is 22.6. The highest BCUT2D eigenvalue weighted by Crippen LogP contribution is 2.29. The Kier molecular flexibility index (Phi) is 29.5. The molecule has 0 radical (unpaired) electrons. The SMILES string of the molecule is CC.Cc1ccc(Nc2c(C(=O)NOCCOCCOCCN(C)CCN(C)CCOCCOCCC(=O)N3CCN(c4nc(-c5ccc(NC(=O)Nc6ccc(C(=O)N7CCC(N(C)C)CC7)cc6)cc5)nc(N5CCOCC5)n4)CC3)ccc(F)c2F)c(F)c1. The molecule has 24 nitrogen and oxygen atoms in total. The predicted octanol–water partition coefficient (Wildman–Crippen LogP) is 7.01. The molecule has 4 heterocycles. The van der Waals surface area contributed by atoms with Crippen LogP contribution in [0.2, 0.25) is 0 Å². The van der Waals surface area contributed by atoms with Gasteiger partial charge in [-0.15, -0.1) is 0 Å². The first-order chi connectivity index (χ1) is 44.6. The second kappa shape index (κ2) is 37.8. The summed E-state index contributed by atoms with van der Waals surface area (Å²) in [5.41, 5.74) is 4.35. The number of aromatic nitrogens is 3. The Morgan fingerprint density at radius 3 is 1.74 bits per heavy atom. The maximum Gasteiger partial charge on any atom is 0.323 e. The summed E-state index contributed by atoms with van der Waals surface area (Å²) in [6.07, 6.45) is 2.15. The van der Waals surface area contributed by atoms with Crippen LogP contribution in [0.25, 0.3) is 11.4 Å². The fourth-order valence-corrected chi connectivity index (χ4v) is 10.1. The number of anilines is 6. The van der Waals surface area contributed by atoms with Crippen LogP contribution in [0.4, 0.5) is 52.6 Å². The average molecular weight is 1290 g/mol. The molecule has 5 aromatic rings. The van der Waals surface area contributed by atoms with Gasteiger partial charge >= 0.3 is 6.03 Å². The molecule has 5 amide bonds. The lowest BCUT2D eigenvalue weighted by Crippen LogP contribution is -2.49. The number of hydroxylamine groups is 1. The zero-order chi connectivity index (χ0) is 65.8. The summed E-state index contributed by atoms with van der Waals surface area (Å²) in [5, 5.41) is 8.21. The number of carbonyl (C=O) groups excluding carboxylic acids is 4. The van der Waals surface area contributed by atoms with Crippen LogP contribution in [0.1, 0.15) is 59.4 Å². The number of nitrogens with one attached hydrogen (secondary N) is 4. The van der Waals surface area contributed by atoms with Crippen molar-refractivity contribution in [3.05, 3.63) is 113 Å². The number of benzene rings is 4. The van der Waals surface area contributed by atoms with Crippen molar-refractivity contribution < 1.29 is 60.9 Å². The van der Waals surface area contributed by atoms with E-state index < -0.39 is 35.1 Å². The largest absolute Gasteiger partial charge is 0.379 e. The fourth-order valence-electron chi connectivity index (χ4n) is 10.1. The number of piperidine rings is 1. The first kappa shape index (κ1) is 71.8. The second-order valence-corrected chi connectivity index (χ2v) is 22.4. The number of piperazine rings is 1. The first-order valence-electron chi connectivity index (χ1n) is 31.6. The van der Waals surface area contributed by atoms with Crippen LogP contribution in [0.3, 0.4) is 0 Å². The van der Waals surface area contributed by atoms with E-state index in [2.05, 4.69) is 60.0 Å². The summed E-state index contributed by atoms with van der Waals surface area (Å²) in [5.74, 6) is -2.52. The number of urea groups is 1. The topological polar surface area (TPSA) is 233 Å². The van der Waals surface area contributed by atoms with Crippen LogP contribution in [-0.4, -0.2) is 249 Å². The van der Waals surface area contributed by atoms with E-state index in [0.717, 1.165) is 69.8 Å². The first-order valence-corrected chi connectivity index (χ1v) is 31.6. The molecule has 3 saturated heterocycles. The number of halogens is 3. The summed E-state index contributed by atoms with van der Waals surface area (Å²) in [7, 11) is 8.20. The van der Waals surface area contributed by atoms with Crippen LogP contribution < -0.4 is 31.2 Å². The molecule has 502 valence electrons. The number of morpholine rings is 1. The number of hydrogen-bond donors (Lipinski definition) is 4. The molecule has 3 aliphatic rings. The van der Waals surface area contributed by atoms with Crippen LogP contribution in [0, 0.1) is 24.4 Å². The summed E-state index contributed by atoms with van der Waals surface area (Å²) in [4.78, 5) is 86.5. The van der Waals surface area contributed by atoms with Gasteiger partial charge in [-0.25, -0.2) is 23.4 Å². The monoisotopic (exact) mass is 1280 g/mol. The molecule has 4 aromatic carbocycles. The van der Waals surface area contributed by atoms with Crippen molar-refractivity contribution >= 4 is 58.4 Å². The van der Waals surface area contributed by atoms with E-state index in [0.29, 0.717) is 145 Å². The molecular weight excluding hydrogens is 1190 g/mol. The smallest absolute Gasteiger partial charge is 0.323 e. The molecule has 4 N–H and O–H groups in total. The van der Waals surface area contributed by atoms with E-state index in [4.69, 9.17) is 43.5 Å². The lowest BCUT2D eigenvalue weighted by Gasteiger charge is -2.35. The number of hydrogen-bond acceptors (Lipinski definition) is 19. The van der Waals surface area contributed by atoms with E-state index in [1.165, 1.54) is 12.1 Å². The van der Waals surface area contributed by atoms with Gasteiger partial charge in [0, 0.05) is 107 Å². The van der Waals surface area contributed by atoms with Gasteiger partial charge in [0.2, 0.25) is 17.8 Å². The minimum absolute atomic E-state index is 0.00557. The molecule has 0 unspecified atom stereocenters. The van der Waals surface area contributed by atoms with Crippen molar-refractivity contribution in [2.75, 3.05) is 205 Å². The van der Waals surface area contributed by atoms with E-state index in [9.17, 15) is 32.3 Å². The zero-order valence-corrected chi connectivity index (χ0v) is 54.2. The zero-order valence-electron chi connectivity index (χ0n) is 54.2. The normalized spacial score (nSPS) is 14.6. The van der Waals surface area contributed by atoms with E-state index >= 15 is 0 Å². The van der Waals surface area contributed by atoms with Crippen molar-refractivity contribution in [3.8, 4) is 11.4 Å². The molecule has 3 fully saturated rings. The standard InChI is InChI=1S/C63H85F3N14O10.C2H6/c1-45-6-17-54(53(65)44-45)69-57-51(15-16-52(64)56(57)66)59(82)73-90-43-42-89-41-40-88-35-30-76(5)24-23-75(4)29-34-87-39-38-85-33-20-55(81)77-25-27-79(28-26-77)61-70-58(71-62(72-61)80-31-36-86-37-32-80)46-7-11-48(12-8-46)67-63(84)68-49-13-9-47(10-14-49)60(83)78-21-18-50(19-22-78)74(2)3;1-2/h6-17,44,50,69H,18-43H2,1-5H3,(H,73,82)(H2,67,68,84);1-2H3. The van der Waals surface area contributed by atoms with E-state index in [1.54, 1.807) is 49.4 Å². The van der Waals surface area contributed by atoms with Crippen LogP contribution >= 0.6 is 0 Å². The van der Waals surface area contributed by atoms with Crippen molar-refractivity contribution in [1.82, 2.24) is 44.9 Å². The molecule has 0 aliphatic carbocycles. The highest BCUT2D eigenvalue weighted by molar-refractivity contribution is 6.01. The minimum atomic E-state index is -1.33. The Morgan fingerprint density at radius 1 is 0.598 bits per heavy atom. The van der Waals surface area contributed by atoms with Gasteiger partial charge in [-0.05, 0) is 126 Å². The number of likely N-dealkylation sites (tertiary alicyclic amines) is 1. The summed E-state index contributed by atoms with van der Waals surface area (Å²) in [6.45, 7) is 17.6. The van der Waals surface area contributed by atoms with Gasteiger partial charge in [-0.2, -0.15) is 15.0 Å². The molecule has 0 bridgehead atoms. The van der Waals surface area contributed by atoms with Gasteiger partial charge in [0.25, 0.3) is 11.8 Å². The summed E-state index contributed by atoms with van der Waals surface area (Å²) >= 11 is 0. The van der Waals surface area contributed by atoms with Crippen molar-refractivity contribution in [1.29, 1.82) is 0 Å². The minimum Gasteiger partial charge on any atom is -0.379 e. The van der Waals surface area contributed by atoms with Gasteiger partial charge < -0.3 is 73.9 Å². The third-order valence-corrected chi connectivity index (χ3v) is 15.6. The Balaban J connectivity index is 0.00000594. The Morgan fingerprint density at radius 2 is 1.15 bits per heavy atom. The maximum absolute atomic E-state index is 14.7. The van der Waals surface area contributed by atoms with E-state index in [1.807, 2.05) is 49.9 Å². The third-order valence-electron chi connectivity index (χ3n) is 15.6. The number of nitrogens with zero attached hydrogens (tertiary/aromatic N) is 10. The van der Waals surface area contributed by atoms with Gasteiger partial charge in [0.05, 0.1) is 96.0 Å². The molecular formula is C65H91F3N14O10. The molecule has 92 heavy (non-hydrogen) atoms. The van der Waals surface area contributed by atoms with Gasteiger partial charge in [0.1, 0.15) is 5.82 Å². The number of likely N-dealkylation sites (N-methyl/N-ethyl adjacent to an activating group) is 2. The molecule has 3 aliphatic heterocycles. The maximum atomic E-state index is 14.7. The molecule has 8 rings (SSSR count). The number of amides is 5. The highest BCUT2D eigenvalue weighted by Gasteiger charge is 2.28. The fraction of sp³-hybridized carbons (Fsp3) is 0.523. The molecule has 0 spiro atoms. The highest BCUT2D eigenvalue weighted by atomic mass is 19.2. The molecule has 0 atom stereocenters. The predicted molar refractivity (Wildman–Crippen MR) is 347 cm³/mol. The Bertz CT molecular complexity index is 3100. The molecule has 27 heteroatoms. The second-order valence-electron chi connectivity index (χ2n) is 22.4. The van der Waals surface area contributed by atoms with Crippen LogP contribution in [0.5, 0.6) is 0 Å². The lowest BCUT2D eigenvalue weighted by atomic mass is 10.0. The molecule has 0 saturated carbocycles. The number of ether oxygens (including phenoxy) is 5. The van der Waals surface area contributed by atoms with Crippen molar-refractivity contribution in [2.24, 2.45) is 0 Å². The number of aryl methyl sites for hydroxylation is 1. The van der Waals surface area contributed by atoms with Gasteiger partial charge in [0.15, 0.2) is 17.5 Å². The molecule has 1 aromatic heterocycles. The van der Waals surface area contributed by atoms with Crippen molar-refractivity contribution in [2.45, 2.75) is 46.1 Å². The van der Waals surface area contributed by atoms with Crippen molar-refractivity contribution in [3.63, 3.8) is 0 Å². The van der Waals surface area contributed by atoms with Gasteiger partial charge in [-0.3, -0.25) is 19.2 Å². The quantitative estimate of drug-likeness (QED) is 0.0250. The number of rotatable bonds is 32. The van der Waals surface area contributed by atoms with Crippen LogP contribution in [0.15, 0.2) is 78.9 Å². The Labute approximate surface area is 537 Å². The Hall–Kier alpha value is -7.60. The lowest BCUT2D eigenvalue weighted by molar-refractivity contribution is -0.132. The van der Waals surface area contributed by atoms with E-state index in [-0.39, 0.29) is 42.7 Å². The van der Waals surface area contributed by atoms with Crippen LogP contribution in [-0.2, 0) is 33.3 Å². The van der Waals surface area contributed by atoms with Gasteiger partial charge in [-0.1, -0.05) is 19.9 Å². The number of carbonyl (C=O) groups is 4. The summed E-state index contributed by atoms with van der Waals surface area (Å²) < 4.78 is 71.5.